The van der Waals surface area contributed by atoms with Crippen LogP contribution in [0.2, 0.25) is 5.02 Å². The van der Waals surface area contributed by atoms with Crippen molar-refractivity contribution in [3.05, 3.63) is 53.1 Å². The number of hydrogen-bond donors (Lipinski definition) is 0. The van der Waals surface area contributed by atoms with E-state index >= 15 is 0 Å². The summed E-state index contributed by atoms with van der Waals surface area (Å²) in [6.45, 7) is -0.0353. The molecule has 27 heavy (non-hydrogen) atoms. The Bertz CT molecular complexity index is 1030. The molecule has 142 valence electrons. The number of pyridine rings is 1. The maximum absolute atomic E-state index is 14.4. The molecule has 2 aromatic heterocycles. The molecule has 0 atom stereocenters. The topological polar surface area (TPSA) is 38.1 Å². The van der Waals surface area contributed by atoms with E-state index in [1.54, 1.807) is 14.1 Å². The van der Waals surface area contributed by atoms with Crippen molar-refractivity contribution in [1.29, 1.82) is 0 Å². The second-order valence-electron chi connectivity index (χ2n) is 6.15. The van der Waals surface area contributed by atoms with Crippen molar-refractivity contribution in [2.75, 3.05) is 14.1 Å². The number of amides is 1. The van der Waals surface area contributed by atoms with Crippen LogP contribution in [0.25, 0.3) is 22.2 Å². The first kappa shape index (κ1) is 19.2. The summed E-state index contributed by atoms with van der Waals surface area (Å²) >= 11 is 6.12. The smallest absolute Gasteiger partial charge is 0.347 e. The predicted octanol–water partition coefficient (Wildman–Crippen LogP) is 4.60. The number of rotatable bonds is 3. The van der Waals surface area contributed by atoms with Crippen LogP contribution in [0, 0.1) is 5.82 Å². The van der Waals surface area contributed by atoms with Crippen LogP contribution < -0.4 is 0 Å². The summed E-state index contributed by atoms with van der Waals surface area (Å²) in [6, 6.07) is 4.52. The molecule has 0 N–H and O–H groups in total. The van der Waals surface area contributed by atoms with E-state index in [9.17, 15) is 22.4 Å². The number of halogens is 5. The zero-order chi connectivity index (χ0) is 19.9. The van der Waals surface area contributed by atoms with Crippen LogP contribution >= 0.6 is 11.6 Å². The minimum atomic E-state index is -4.81. The van der Waals surface area contributed by atoms with Crippen molar-refractivity contribution in [1.82, 2.24) is 14.5 Å². The van der Waals surface area contributed by atoms with Gasteiger partial charge in [-0.3, -0.25) is 9.78 Å². The van der Waals surface area contributed by atoms with E-state index in [0.717, 1.165) is 6.07 Å². The fraction of sp³-hybridized carbons (Fsp3) is 0.222. The lowest BCUT2D eigenvalue weighted by Crippen LogP contribution is -2.25. The largest absolute Gasteiger partial charge is 0.419 e. The van der Waals surface area contributed by atoms with E-state index in [1.807, 2.05) is 0 Å². The van der Waals surface area contributed by atoms with Gasteiger partial charge in [0.2, 0.25) is 5.91 Å². The Labute approximate surface area is 157 Å². The Morgan fingerprint density at radius 2 is 2.00 bits per heavy atom. The molecule has 0 radical (unpaired) electrons. The maximum atomic E-state index is 14.4. The number of carbonyl (C=O) groups excluding carboxylic acids is 1. The van der Waals surface area contributed by atoms with Crippen LogP contribution in [0.3, 0.4) is 0 Å². The average Bonchev–Trinajstić information content (AvgIpc) is 2.89. The van der Waals surface area contributed by atoms with Gasteiger partial charge >= 0.3 is 6.18 Å². The summed E-state index contributed by atoms with van der Waals surface area (Å²) in [5, 5.41) is 0.285. The highest BCUT2D eigenvalue weighted by Crippen LogP contribution is 2.36. The van der Waals surface area contributed by atoms with E-state index in [0.29, 0.717) is 17.1 Å². The molecule has 3 aromatic rings. The Morgan fingerprint density at radius 3 is 2.63 bits per heavy atom. The van der Waals surface area contributed by atoms with Gasteiger partial charge in [0.25, 0.3) is 0 Å². The summed E-state index contributed by atoms with van der Waals surface area (Å²) in [5.41, 5.74) is -0.637. The molecule has 4 nitrogen and oxygen atoms in total. The minimum Gasteiger partial charge on any atom is -0.347 e. The van der Waals surface area contributed by atoms with Crippen LogP contribution in [0.15, 0.2) is 36.7 Å². The number of hydrogen-bond acceptors (Lipinski definition) is 2. The van der Waals surface area contributed by atoms with Crippen LogP contribution in [-0.4, -0.2) is 34.5 Å². The highest BCUT2D eigenvalue weighted by molar-refractivity contribution is 6.35. The predicted molar refractivity (Wildman–Crippen MR) is 93.8 cm³/mol. The molecule has 0 aliphatic rings. The van der Waals surface area contributed by atoms with Gasteiger partial charge in [-0.25, -0.2) is 4.39 Å². The SMILES string of the molecule is CN(C)C(=O)Cn1cc(Cl)c2ncc(-c3cccc(C(F)(F)F)c3F)cc21. The van der Waals surface area contributed by atoms with E-state index < -0.39 is 17.6 Å². The molecular formula is C18H14ClF4N3O. The van der Waals surface area contributed by atoms with Gasteiger partial charge in [0, 0.05) is 37.6 Å². The first-order valence-electron chi connectivity index (χ1n) is 7.80. The first-order chi connectivity index (χ1) is 12.6. The molecule has 0 saturated heterocycles. The van der Waals surface area contributed by atoms with Crippen molar-refractivity contribution >= 4 is 28.5 Å². The quantitative estimate of drug-likeness (QED) is 0.603. The highest BCUT2D eigenvalue weighted by Gasteiger charge is 2.35. The van der Waals surface area contributed by atoms with Gasteiger partial charge in [-0.15, -0.1) is 0 Å². The van der Waals surface area contributed by atoms with Crippen molar-refractivity contribution in [3.8, 4) is 11.1 Å². The third-order valence-corrected chi connectivity index (χ3v) is 4.37. The van der Waals surface area contributed by atoms with Gasteiger partial charge < -0.3 is 9.47 Å². The number of benzene rings is 1. The minimum absolute atomic E-state index is 0.0353. The van der Waals surface area contributed by atoms with Gasteiger partial charge in [0.1, 0.15) is 17.9 Å². The Kier molecular flexibility index (Phi) is 4.86. The third kappa shape index (κ3) is 3.62. The van der Waals surface area contributed by atoms with Gasteiger partial charge in [-0.2, -0.15) is 13.2 Å². The zero-order valence-electron chi connectivity index (χ0n) is 14.3. The second-order valence-corrected chi connectivity index (χ2v) is 6.56. The van der Waals surface area contributed by atoms with E-state index in [4.69, 9.17) is 11.6 Å². The van der Waals surface area contributed by atoms with Gasteiger partial charge in [-0.05, 0) is 12.1 Å². The van der Waals surface area contributed by atoms with Gasteiger partial charge in [0.15, 0.2) is 0 Å². The van der Waals surface area contributed by atoms with E-state index in [-0.39, 0.29) is 28.6 Å². The molecule has 0 fully saturated rings. The number of fused-ring (bicyclic) bond motifs is 1. The number of alkyl halides is 3. The summed E-state index contributed by atoms with van der Waals surface area (Å²) in [5.74, 6) is -1.58. The van der Waals surface area contributed by atoms with Crippen molar-refractivity contribution in [3.63, 3.8) is 0 Å². The lowest BCUT2D eigenvalue weighted by molar-refractivity contribution is -0.140. The molecule has 0 bridgehead atoms. The average molecular weight is 400 g/mol. The van der Waals surface area contributed by atoms with Crippen LogP contribution in [-0.2, 0) is 17.5 Å². The van der Waals surface area contributed by atoms with Gasteiger partial charge in [0.05, 0.1) is 16.1 Å². The van der Waals surface area contributed by atoms with Gasteiger partial charge in [-0.1, -0.05) is 23.7 Å². The normalized spacial score (nSPS) is 11.8. The Morgan fingerprint density at radius 1 is 1.30 bits per heavy atom. The van der Waals surface area contributed by atoms with Crippen molar-refractivity contribution in [2.24, 2.45) is 0 Å². The van der Waals surface area contributed by atoms with E-state index in [2.05, 4.69) is 4.98 Å². The monoisotopic (exact) mass is 399 g/mol. The summed E-state index contributed by atoms with van der Waals surface area (Å²) in [7, 11) is 3.19. The van der Waals surface area contributed by atoms with Crippen LogP contribution in [0.5, 0.6) is 0 Å². The molecule has 9 heteroatoms. The maximum Gasteiger partial charge on any atom is 0.419 e. The molecule has 1 aromatic carbocycles. The summed E-state index contributed by atoms with van der Waals surface area (Å²) in [4.78, 5) is 17.5. The second kappa shape index (κ2) is 6.84. The molecule has 0 unspecified atom stereocenters. The van der Waals surface area contributed by atoms with E-state index in [1.165, 1.54) is 34.0 Å². The Hall–Kier alpha value is -2.61. The van der Waals surface area contributed by atoms with Crippen molar-refractivity contribution in [2.45, 2.75) is 12.7 Å². The number of likely N-dealkylation sites (N-methyl/N-ethyl adjacent to an activating group) is 1. The molecule has 0 saturated carbocycles. The van der Waals surface area contributed by atoms with Crippen LogP contribution in [0.4, 0.5) is 17.6 Å². The molecule has 0 aliphatic heterocycles. The number of carbonyl (C=O) groups is 1. The van der Waals surface area contributed by atoms with Crippen LogP contribution in [0.1, 0.15) is 5.56 Å². The first-order valence-corrected chi connectivity index (χ1v) is 8.18. The molecule has 3 rings (SSSR count). The fourth-order valence-corrected chi connectivity index (χ4v) is 2.93. The summed E-state index contributed by atoms with van der Waals surface area (Å²) < 4.78 is 54.9. The lowest BCUT2D eigenvalue weighted by Gasteiger charge is -2.13. The number of aromatic nitrogens is 2. The standard InChI is InChI=1S/C18H14ClF4N3O/c1-25(2)15(27)9-26-8-13(19)17-14(26)6-10(7-24-17)11-4-3-5-12(16(11)20)18(21,22)23/h3-8H,9H2,1-2H3. The Balaban J connectivity index is 2.14. The molecular weight excluding hydrogens is 386 g/mol. The zero-order valence-corrected chi connectivity index (χ0v) is 15.1. The number of nitrogens with zero attached hydrogens (tertiary/aromatic N) is 3. The molecule has 1 amide bonds. The molecule has 0 spiro atoms. The van der Waals surface area contributed by atoms with Crippen molar-refractivity contribution < 1.29 is 22.4 Å². The molecule has 2 heterocycles. The highest BCUT2D eigenvalue weighted by atomic mass is 35.5. The molecule has 0 aliphatic carbocycles. The fourth-order valence-electron chi connectivity index (χ4n) is 2.66. The third-order valence-electron chi connectivity index (χ3n) is 4.09. The summed E-state index contributed by atoms with van der Waals surface area (Å²) in [6.07, 6.45) is -2.04. The lowest BCUT2D eigenvalue weighted by atomic mass is 10.0.